The Labute approximate surface area is 59.4 Å². The van der Waals surface area contributed by atoms with Crippen molar-refractivity contribution in [3.63, 3.8) is 0 Å². The van der Waals surface area contributed by atoms with Crippen LogP contribution in [0, 0.1) is 12.5 Å². The van der Waals surface area contributed by atoms with Gasteiger partial charge in [0.2, 0.25) is 0 Å². The van der Waals surface area contributed by atoms with Crippen molar-refractivity contribution in [1.29, 1.82) is 5.53 Å². The number of anilines is 1. The van der Waals surface area contributed by atoms with E-state index in [1.54, 1.807) is 18.2 Å². The molecule has 0 aromatic heterocycles. The van der Waals surface area contributed by atoms with Crippen LogP contribution in [0.4, 0.5) is 11.4 Å². The van der Waals surface area contributed by atoms with E-state index >= 15 is 0 Å². The summed E-state index contributed by atoms with van der Waals surface area (Å²) in [6, 6.07) is 5.25. The summed E-state index contributed by atoms with van der Waals surface area (Å²) in [5.74, 6) is 0. The molecule has 52 valence electrons. The van der Waals surface area contributed by atoms with Gasteiger partial charge < -0.3 is 5.73 Å². The van der Waals surface area contributed by atoms with Crippen LogP contribution in [0.15, 0.2) is 23.3 Å². The van der Waals surface area contributed by atoms with Crippen molar-refractivity contribution >= 4 is 11.4 Å². The predicted molar refractivity (Wildman–Crippen MR) is 40.4 cm³/mol. The van der Waals surface area contributed by atoms with E-state index in [9.17, 15) is 0 Å². The molecule has 3 nitrogen and oxygen atoms in total. The van der Waals surface area contributed by atoms with Crippen molar-refractivity contribution in [2.75, 3.05) is 5.73 Å². The number of hydrogen-bond acceptors (Lipinski definition) is 3. The molecule has 0 saturated carbocycles. The Kier molecular flexibility index (Phi) is 1.67. The van der Waals surface area contributed by atoms with Crippen molar-refractivity contribution in [1.82, 2.24) is 0 Å². The molecule has 0 atom stereocenters. The molecule has 0 aliphatic heterocycles. The number of hydrogen-bond donors (Lipinski definition) is 2. The first-order valence-electron chi connectivity index (χ1n) is 2.97. The van der Waals surface area contributed by atoms with Crippen LogP contribution in [0.25, 0.3) is 0 Å². The van der Waals surface area contributed by atoms with Crippen molar-refractivity contribution in [3.8, 4) is 0 Å². The van der Waals surface area contributed by atoms with Gasteiger partial charge >= 0.3 is 0 Å². The fourth-order valence-corrected chi connectivity index (χ4v) is 0.729. The predicted octanol–water partition coefficient (Wildman–Crippen LogP) is 2.24. The zero-order valence-corrected chi connectivity index (χ0v) is 5.76. The fraction of sp³-hybridized carbons (Fsp3) is 0.143. The van der Waals surface area contributed by atoms with E-state index in [-0.39, 0.29) is 0 Å². The Morgan fingerprint density at radius 2 is 2.20 bits per heavy atom. The highest BCUT2D eigenvalue weighted by Crippen LogP contribution is 2.18. The molecule has 0 amide bonds. The lowest BCUT2D eigenvalue weighted by molar-refractivity contribution is 1.14. The Balaban J connectivity index is 3.16. The van der Waals surface area contributed by atoms with E-state index in [1.165, 1.54) is 0 Å². The summed E-state index contributed by atoms with van der Waals surface area (Å²) >= 11 is 0. The minimum Gasteiger partial charge on any atom is -0.399 e. The second-order valence-electron chi connectivity index (χ2n) is 2.15. The number of rotatable bonds is 1. The minimum atomic E-state index is 0.645. The molecule has 1 rings (SSSR count). The van der Waals surface area contributed by atoms with Crippen molar-refractivity contribution in [2.45, 2.75) is 6.92 Å². The van der Waals surface area contributed by atoms with Crippen LogP contribution in [-0.2, 0) is 0 Å². The Morgan fingerprint density at radius 1 is 1.50 bits per heavy atom. The lowest BCUT2D eigenvalue weighted by atomic mass is 10.2. The number of benzene rings is 1. The Morgan fingerprint density at radius 3 is 2.70 bits per heavy atom. The van der Waals surface area contributed by atoms with Gasteiger partial charge in [-0.05, 0) is 30.7 Å². The van der Waals surface area contributed by atoms with E-state index in [0.717, 1.165) is 11.3 Å². The molecule has 0 bridgehead atoms. The second kappa shape index (κ2) is 2.47. The number of nitrogens with zero attached hydrogens (tertiary/aromatic N) is 1. The Bertz CT molecular complexity index is 255. The first-order valence-corrected chi connectivity index (χ1v) is 2.97. The summed E-state index contributed by atoms with van der Waals surface area (Å²) in [7, 11) is 0. The summed E-state index contributed by atoms with van der Waals surface area (Å²) in [4.78, 5) is 0. The summed E-state index contributed by atoms with van der Waals surface area (Å²) in [6.07, 6.45) is 0. The molecule has 3 N–H and O–H groups in total. The highest BCUT2D eigenvalue weighted by Gasteiger charge is 1.92. The van der Waals surface area contributed by atoms with Crippen LogP contribution in [0.2, 0.25) is 0 Å². The number of nitrogens with one attached hydrogen (secondary N) is 1. The van der Waals surface area contributed by atoms with Crippen LogP contribution in [0.1, 0.15) is 5.56 Å². The average Bonchev–Trinajstić information content (AvgIpc) is 1.95. The molecule has 0 unspecified atom stereocenters. The van der Waals surface area contributed by atoms with Gasteiger partial charge in [-0.1, -0.05) is 0 Å². The minimum absolute atomic E-state index is 0.645. The van der Waals surface area contributed by atoms with E-state index < -0.39 is 0 Å². The average molecular weight is 135 g/mol. The standard InChI is InChI=1S/C7H9N3/c1-5-4-6(10-9)2-3-7(5)8/h2-4,9H,8H2,1H3. The molecule has 1 aromatic rings. The van der Waals surface area contributed by atoms with Crippen molar-refractivity contribution in [3.05, 3.63) is 23.8 Å². The zero-order chi connectivity index (χ0) is 7.56. The third-order valence-corrected chi connectivity index (χ3v) is 1.38. The summed E-state index contributed by atoms with van der Waals surface area (Å²) in [5, 5.41) is 3.27. The third-order valence-electron chi connectivity index (χ3n) is 1.38. The van der Waals surface area contributed by atoms with E-state index in [4.69, 9.17) is 11.3 Å². The first kappa shape index (κ1) is 6.74. The van der Waals surface area contributed by atoms with Gasteiger partial charge in [-0.2, -0.15) is 5.11 Å². The molecule has 10 heavy (non-hydrogen) atoms. The largest absolute Gasteiger partial charge is 0.399 e. The molecule has 0 fully saturated rings. The fourth-order valence-electron chi connectivity index (χ4n) is 0.729. The molecule has 0 heterocycles. The van der Waals surface area contributed by atoms with Gasteiger partial charge in [0.25, 0.3) is 0 Å². The van der Waals surface area contributed by atoms with Gasteiger partial charge in [0.15, 0.2) is 0 Å². The maximum atomic E-state index is 6.70. The lowest BCUT2D eigenvalue weighted by Crippen LogP contribution is -1.86. The molecular formula is C7H9N3. The first-order chi connectivity index (χ1) is 4.74. The maximum absolute atomic E-state index is 6.70. The van der Waals surface area contributed by atoms with Crippen molar-refractivity contribution in [2.24, 2.45) is 5.11 Å². The van der Waals surface area contributed by atoms with Gasteiger partial charge in [0.1, 0.15) is 0 Å². The van der Waals surface area contributed by atoms with Crippen LogP contribution >= 0.6 is 0 Å². The maximum Gasteiger partial charge on any atom is 0.0854 e. The molecular weight excluding hydrogens is 126 g/mol. The highest BCUT2D eigenvalue weighted by atomic mass is 15.0. The van der Waals surface area contributed by atoms with Crippen LogP contribution in [0.3, 0.4) is 0 Å². The molecule has 0 aliphatic rings. The van der Waals surface area contributed by atoms with Gasteiger partial charge in [0, 0.05) is 5.69 Å². The molecule has 0 radical (unpaired) electrons. The van der Waals surface area contributed by atoms with Gasteiger partial charge in [-0.25, -0.2) is 5.53 Å². The van der Waals surface area contributed by atoms with Crippen LogP contribution < -0.4 is 5.73 Å². The van der Waals surface area contributed by atoms with E-state index in [1.807, 2.05) is 6.92 Å². The van der Waals surface area contributed by atoms with Crippen LogP contribution in [-0.4, -0.2) is 0 Å². The van der Waals surface area contributed by atoms with E-state index in [0.29, 0.717) is 5.69 Å². The topological polar surface area (TPSA) is 62.2 Å². The second-order valence-corrected chi connectivity index (χ2v) is 2.15. The number of aryl methyl sites for hydroxylation is 1. The summed E-state index contributed by atoms with van der Waals surface area (Å²) in [6.45, 7) is 1.89. The lowest BCUT2D eigenvalue weighted by Gasteiger charge is -1.97. The SMILES string of the molecule is Cc1cc(N=N)ccc1N. The summed E-state index contributed by atoms with van der Waals surface area (Å²) < 4.78 is 0. The third kappa shape index (κ3) is 1.13. The van der Waals surface area contributed by atoms with Gasteiger partial charge in [-0.15, -0.1) is 0 Å². The zero-order valence-electron chi connectivity index (χ0n) is 5.76. The van der Waals surface area contributed by atoms with Crippen molar-refractivity contribution < 1.29 is 0 Å². The van der Waals surface area contributed by atoms with Gasteiger partial charge in [0.05, 0.1) is 5.69 Å². The number of nitrogen functional groups attached to an aromatic ring is 1. The molecule has 0 spiro atoms. The molecule has 0 aliphatic carbocycles. The van der Waals surface area contributed by atoms with Crippen LogP contribution in [0.5, 0.6) is 0 Å². The smallest absolute Gasteiger partial charge is 0.0854 e. The molecule has 3 heteroatoms. The quantitative estimate of drug-likeness (QED) is 0.450. The Hall–Kier alpha value is -1.38. The number of nitrogens with two attached hydrogens (primary N) is 1. The summed E-state index contributed by atoms with van der Waals surface area (Å²) in [5.41, 5.74) is 14.6. The van der Waals surface area contributed by atoms with Gasteiger partial charge in [-0.3, -0.25) is 0 Å². The van der Waals surface area contributed by atoms with E-state index in [2.05, 4.69) is 5.11 Å². The highest BCUT2D eigenvalue weighted by molar-refractivity contribution is 5.53. The monoisotopic (exact) mass is 135 g/mol. The molecule has 1 aromatic carbocycles. The molecule has 0 saturated heterocycles. The normalized spacial score (nSPS) is 9.30.